The second-order valence-corrected chi connectivity index (χ2v) is 11.7. The van der Waals surface area contributed by atoms with E-state index in [-0.39, 0.29) is 23.3 Å². The summed E-state index contributed by atoms with van der Waals surface area (Å²) in [6.07, 6.45) is 5.67. The van der Waals surface area contributed by atoms with Crippen LogP contribution < -0.4 is 5.32 Å². The Balaban J connectivity index is 1.29. The molecule has 0 unspecified atom stereocenters. The highest BCUT2D eigenvalue weighted by Crippen LogP contribution is 2.31. The van der Waals surface area contributed by atoms with Gasteiger partial charge in [0, 0.05) is 51.4 Å². The largest absolute Gasteiger partial charge is 0.379 e. The fourth-order valence-electron chi connectivity index (χ4n) is 5.89. The Morgan fingerprint density at radius 1 is 0.972 bits per heavy atom. The molecule has 36 heavy (non-hydrogen) atoms. The van der Waals surface area contributed by atoms with Gasteiger partial charge in [0.2, 0.25) is 5.91 Å². The first-order chi connectivity index (χ1) is 17.3. The first-order valence-corrected chi connectivity index (χ1v) is 14.0. The monoisotopic (exact) mass is 498 g/mol. The predicted octanol–water partition coefficient (Wildman–Crippen LogP) is 3.14. The second-order valence-electron chi connectivity index (χ2n) is 11.7. The van der Waals surface area contributed by atoms with Crippen molar-refractivity contribution in [3.63, 3.8) is 0 Å². The smallest absolute Gasteiger partial charge is 0.253 e. The maximum atomic E-state index is 13.4. The lowest BCUT2D eigenvalue weighted by Crippen LogP contribution is -2.58. The molecule has 3 aliphatic rings. The Bertz CT molecular complexity index is 846. The Kier molecular flexibility index (Phi) is 9.42. The van der Waals surface area contributed by atoms with Crippen molar-refractivity contribution in [1.82, 2.24) is 20.0 Å². The van der Waals surface area contributed by atoms with Gasteiger partial charge in [0.25, 0.3) is 5.91 Å². The molecule has 2 aliphatic heterocycles. The molecule has 4 rings (SSSR count). The molecule has 0 bridgehead atoms. The summed E-state index contributed by atoms with van der Waals surface area (Å²) in [7, 11) is 0. The number of piperazine rings is 1. The quantitative estimate of drug-likeness (QED) is 0.558. The topological polar surface area (TPSA) is 65.1 Å². The van der Waals surface area contributed by atoms with E-state index in [0.717, 1.165) is 77.3 Å². The van der Waals surface area contributed by atoms with Gasteiger partial charge >= 0.3 is 0 Å². The normalized spacial score (nSPS) is 21.5. The highest BCUT2D eigenvalue weighted by atomic mass is 16.5. The molecule has 200 valence electrons. The Morgan fingerprint density at radius 2 is 1.61 bits per heavy atom. The van der Waals surface area contributed by atoms with E-state index >= 15 is 0 Å². The van der Waals surface area contributed by atoms with Crippen molar-refractivity contribution in [2.45, 2.75) is 64.3 Å². The van der Waals surface area contributed by atoms with Crippen LogP contribution in [0.5, 0.6) is 0 Å². The number of benzene rings is 1. The van der Waals surface area contributed by atoms with E-state index < -0.39 is 0 Å². The number of nitrogens with one attached hydrogen (secondary N) is 1. The van der Waals surface area contributed by atoms with Crippen molar-refractivity contribution in [2.24, 2.45) is 5.92 Å². The van der Waals surface area contributed by atoms with Crippen LogP contribution in [-0.4, -0.2) is 98.1 Å². The zero-order valence-electron chi connectivity index (χ0n) is 22.6. The first-order valence-electron chi connectivity index (χ1n) is 14.0. The van der Waals surface area contributed by atoms with Gasteiger partial charge in [-0.15, -0.1) is 0 Å². The number of carbonyl (C=O) groups is 2. The van der Waals surface area contributed by atoms with Crippen LogP contribution in [0.3, 0.4) is 0 Å². The zero-order chi connectivity index (χ0) is 25.5. The Morgan fingerprint density at radius 3 is 2.22 bits per heavy atom. The van der Waals surface area contributed by atoms with Gasteiger partial charge in [-0.25, -0.2) is 0 Å². The SMILES string of the molecule is CC(C)(C)c1ccc(C(=O)N2CCN([C@@H](C(=O)NCCCN3CCOCC3)C3CCCC3)CC2)cc1. The van der Waals surface area contributed by atoms with Crippen LogP contribution in [0.25, 0.3) is 0 Å². The van der Waals surface area contributed by atoms with Gasteiger partial charge in [-0.1, -0.05) is 45.7 Å². The average Bonchev–Trinajstić information content (AvgIpc) is 3.41. The summed E-state index contributed by atoms with van der Waals surface area (Å²) >= 11 is 0. The lowest BCUT2D eigenvalue weighted by atomic mass is 9.86. The minimum Gasteiger partial charge on any atom is -0.379 e. The number of rotatable bonds is 8. The molecule has 3 fully saturated rings. The maximum absolute atomic E-state index is 13.4. The lowest BCUT2D eigenvalue weighted by Gasteiger charge is -2.40. The summed E-state index contributed by atoms with van der Waals surface area (Å²) in [6, 6.07) is 7.99. The molecule has 2 amide bonds. The van der Waals surface area contributed by atoms with Crippen molar-refractivity contribution in [2.75, 3.05) is 65.6 Å². The van der Waals surface area contributed by atoms with Crippen LogP contribution in [0.2, 0.25) is 0 Å². The zero-order valence-corrected chi connectivity index (χ0v) is 22.6. The van der Waals surface area contributed by atoms with Crippen LogP contribution in [0.1, 0.15) is 68.8 Å². The molecule has 1 N–H and O–H groups in total. The fraction of sp³-hybridized carbons (Fsp3) is 0.724. The molecule has 7 heteroatoms. The molecule has 1 aliphatic carbocycles. The first kappa shape index (κ1) is 27.1. The van der Waals surface area contributed by atoms with Crippen molar-refractivity contribution < 1.29 is 14.3 Å². The molecule has 1 atom stereocenters. The number of hydrogen-bond acceptors (Lipinski definition) is 5. The molecule has 2 saturated heterocycles. The van der Waals surface area contributed by atoms with E-state index in [4.69, 9.17) is 4.74 Å². The van der Waals surface area contributed by atoms with E-state index in [9.17, 15) is 9.59 Å². The number of ether oxygens (including phenoxy) is 1. The maximum Gasteiger partial charge on any atom is 0.253 e. The summed E-state index contributed by atoms with van der Waals surface area (Å²) in [4.78, 5) is 33.2. The third-order valence-electron chi connectivity index (χ3n) is 8.16. The summed E-state index contributed by atoms with van der Waals surface area (Å²) in [5.74, 6) is 0.706. The number of morpholine rings is 1. The molecule has 2 heterocycles. The minimum absolute atomic E-state index is 0.0702. The molecular weight excluding hydrogens is 452 g/mol. The van der Waals surface area contributed by atoms with Crippen LogP contribution in [-0.2, 0) is 14.9 Å². The van der Waals surface area contributed by atoms with Crippen molar-refractivity contribution >= 4 is 11.8 Å². The Labute approximate surface area is 217 Å². The molecule has 1 aromatic rings. The van der Waals surface area contributed by atoms with E-state index in [1.165, 1.54) is 18.4 Å². The molecule has 1 saturated carbocycles. The molecule has 7 nitrogen and oxygen atoms in total. The molecule has 0 radical (unpaired) electrons. The van der Waals surface area contributed by atoms with Crippen molar-refractivity contribution in [3.05, 3.63) is 35.4 Å². The highest BCUT2D eigenvalue weighted by molar-refractivity contribution is 5.94. The number of carbonyl (C=O) groups excluding carboxylic acids is 2. The summed E-state index contributed by atoms with van der Waals surface area (Å²) in [5.41, 5.74) is 2.06. The fourth-order valence-corrected chi connectivity index (χ4v) is 5.89. The van der Waals surface area contributed by atoms with Gasteiger partial charge in [0.05, 0.1) is 19.3 Å². The predicted molar refractivity (Wildman–Crippen MR) is 143 cm³/mol. The Hall–Kier alpha value is -1.96. The van der Waals surface area contributed by atoms with Crippen molar-refractivity contribution in [1.29, 1.82) is 0 Å². The minimum atomic E-state index is -0.0702. The van der Waals surface area contributed by atoms with Crippen LogP contribution in [0, 0.1) is 5.92 Å². The average molecular weight is 499 g/mol. The number of amides is 2. The van der Waals surface area contributed by atoms with Crippen LogP contribution >= 0.6 is 0 Å². The molecule has 0 aromatic heterocycles. The van der Waals surface area contributed by atoms with E-state index in [1.54, 1.807) is 0 Å². The van der Waals surface area contributed by atoms with Gasteiger partial charge in [-0.2, -0.15) is 0 Å². The third-order valence-corrected chi connectivity index (χ3v) is 8.16. The highest BCUT2D eigenvalue weighted by Gasteiger charge is 2.37. The van der Waals surface area contributed by atoms with E-state index in [1.807, 2.05) is 17.0 Å². The van der Waals surface area contributed by atoms with Gasteiger partial charge in [0.15, 0.2) is 0 Å². The standard InChI is InChI=1S/C29H46N4O3/c1-29(2,3)25-11-9-24(10-12-25)28(35)33-17-15-32(16-18-33)26(23-7-4-5-8-23)27(34)30-13-6-14-31-19-21-36-22-20-31/h9-12,23,26H,4-8,13-22H2,1-3H3,(H,30,34)/t26-/m1/s1. The van der Waals surface area contributed by atoms with Gasteiger partial charge < -0.3 is 15.0 Å². The number of nitrogens with zero attached hydrogens (tertiary/aromatic N) is 3. The summed E-state index contributed by atoms with van der Waals surface area (Å²) < 4.78 is 5.42. The van der Waals surface area contributed by atoms with Gasteiger partial charge in [0.1, 0.15) is 0 Å². The molecule has 1 aromatic carbocycles. The van der Waals surface area contributed by atoms with Crippen molar-refractivity contribution in [3.8, 4) is 0 Å². The number of hydrogen-bond donors (Lipinski definition) is 1. The van der Waals surface area contributed by atoms with Gasteiger partial charge in [-0.3, -0.25) is 19.4 Å². The summed E-state index contributed by atoms with van der Waals surface area (Å²) in [5, 5.41) is 3.25. The van der Waals surface area contributed by atoms with Crippen LogP contribution in [0.15, 0.2) is 24.3 Å². The second kappa shape index (κ2) is 12.5. The van der Waals surface area contributed by atoms with E-state index in [2.05, 4.69) is 48.0 Å². The third kappa shape index (κ3) is 7.08. The molecule has 0 spiro atoms. The lowest BCUT2D eigenvalue weighted by molar-refractivity contribution is -0.129. The van der Waals surface area contributed by atoms with Crippen LogP contribution in [0.4, 0.5) is 0 Å². The van der Waals surface area contributed by atoms with Gasteiger partial charge in [-0.05, 0) is 54.8 Å². The summed E-state index contributed by atoms with van der Waals surface area (Å²) in [6.45, 7) is 14.8. The van der Waals surface area contributed by atoms with E-state index in [0.29, 0.717) is 19.0 Å². The molecular formula is C29H46N4O3.